The Labute approximate surface area is 148 Å². The largest absolute Gasteiger partial charge is 0.465 e. The Morgan fingerprint density at radius 2 is 2.12 bits per heavy atom. The Kier molecular flexibility index (Phi) is 4.34. The average molecular weight is 339 g/mol. The zero-order valence-electron chi connectivity index (χ0n) is 14.8. The van der Waals surface area contributed by atoms with E-state index in [9.17, 15) is 4.79 Å². The van der Waals surface area contributed by atoms with Crippen LogP contribution in [0.2, 0.25) is 0 Å². The van der Waals surface area contributed by atoms with Crippen molar-refractivity contribution in [2.75, 3.05) is 19.6 Å². The van der Waals surface area contributed by atoms with E-state index in [-0.39, 0.29) is 5.41 Å². The van der Waals surface area contributed by atoms with Crippen molar-refractivity contribution < 1.29 is 9.21 Å². The van der Waals surface area contributed by atoms with Crippen LogP contribution in [0.15, 0.2) is 41.1 Å². The average Bonchev–Trinajstić information content (AvgIpc) is 3.15. The molecule has 2 aliphatic rings. The molecule has 2 aromatic rings. The highest BCUT2D eigenvalue weighted by molar-refractivity contribution is 5.85. The number of nitrogens with zero attached hydrogens (tertiary/aromatic N) is 3. The molecule has 1 spiro atoms. The molecule has 132 valence electrons. The van der Waals surface area contributed by atoms with Crippen LogP contribution in [0, 0.1) is 12.3 Å². The van der Waals surface area contributed by atoms with Gasteiger partial charge in [0.05, 0.1) is 12.0 Å². The van der Waals surface area contributed by atoms with Gasteiger partial charge in [0, 0.05) is 32.0 Å². The first-order valence-corrected chi connectivity index (χ1v) is 9.11. The van der Waals surface area contributed by atoms with Gasteiger partial charge in [-0.05, 0) is 56.5 Å². The predicted molar refractivity (Wildman–Crippen MR) is 94.7 cm³/mol. The van der Waals surface area contributed by atoms with E-state index in [0.29, 0.717) is 12.5 Å². The predicted octanol–water partition coefficient (Wildman–Crippen LogP) is 3.00. The summed E-state index contributed by atoms with van der Waals surface area (Å²) in [4.78, 5) is 21.7. The first-order chi connectivity index (χ1) is 12.1. The van der Waals surface area contributed by atoms with Gasteiger partial charge < -0.3 is 9.32 Å². The number of hydrogen-bond donors (Lipinski definition) is 0. The van der Waals surface area contributed by atoms with Crippen molar-refractivity contribution in [3.63, 3.8) is 0 Å². The Bertz CT molecular complexity index is 742. The number of carbonyl (C=O) groups is 1. The minimum Gasteiger partial charge on any atom is -0.465 e. The third kappa shape index (κ3) is 3.33. The van der Waals surface area contributed by atoms with Crippen molar-refractivity contribution in [2.45, 2.75) is 39.3 Å². The van der Waals surface area contributed by atoms with E-state index in [4.69, 9.17) is 4.42 Å². The maximum atomic E-state index is 13.1. The Hall–Kier alpha value is -2.14. The fraction of sp³-hybridized carbons (Fsp3) is 0.500. The summed E-state index contributed by atoms with van der Waals surface area (Å²) in [5.41, 5.74) is 0.897. The Balaban J connectivity index is 1.43. The fourth-order valence-corrected chi connectivity index (χ4v) is 4.29. The van der Waals surface area contributed by atoms with Crippen LogP contribution in [0.3, 0.4) is 0 Å². The summed E-state index contributed by atoms with van der Waals surface area (Å²) in [7, 11) is 0. The molecule has 2 aromatic heterocycles. The number of hydrogen-bond acceptors (Lipinski definition) is 4. The van der Waals surface area contributed by atoms with Crippen molar-refractivity contribution >= 4 is 5.91 Å². The number of pyridine rings is 1. The number of piperidine rings is 1. The van der Waals surface area contributed by atoms with Crippen LogP contribution >= 0.6 is 0 Å². The summed E-state index contributed by atoms with van der Waals surface area (Å²) in [6, 6.07) is 8.02. The molecule has 2 saturated heterocycles. The van der Waals surface area contributed by atoms with Crippen LogP contribution in [-0.2, 0) is 17.9 Å². The fourth-order valence-electron chi connectivity index (χ4n) is 4.29. The van der Waals surface area contributed by atoms with Gasteiger partial charge in [-0.1, -0.05) is 6.07 Å². The molecule has 0 unspecified atom stereocenters. The molecule has 5 nitrogen and oxygen atoms in total. The van der Waals surface area contributed by atoms with Crippen LogP contribution in [0.25, 0.3) is 0 Å². The van der Waals surface area contributed by atoms with Gasteiger partial charge in [-0.2, -0.15) is 0 Å². The minimum atomic E-state index is -0.206. The molecule has 0 saturated carbocycles. The zero-order chi connectivity index (χ0) is 17.3. The quantitative estimate of drug-likeness (QED) is 0.859. The molecule has 0 bridgehead atoms. The molecule has 4 rings (SSSR count). The molecule has 2 aliphatic heterocycles. The molecule has 0 radical (unpaired) electrons. The second kappa shape index (κ2) is 6.64. The van der Waals surface area contributed by atoms with Gasteiger partial charge in [0.15, 0.2) is 0 Å². The Morgan fingerprint density at radius 3 is 2.88 bits per heavy atom. The molecule has 0 N–H and O–H groups in total. The summed E-state index contributed by atoms with van der Waals surface area (Å²) in [6.45, 7) is 6.17. The highest BCUT2D eigenvalue weighted by Crippen LogP contribution is 2.41. The van der Waals surface area contributed by atoms with Crippen molar-refractivity contribution in [3.8, 4) is 0 Å². The molecule has 2 fully saturated rings. The van der Waals surface area contributed by atoms with Crippen molar-refractivity contribution in [3.05, 3.63) is 53.7 Å². The number of aryl methyl sites for hydroxylation is 1. The monoisotopic (exact) mass is 339 g/mol. The zero-order valence-corrected chi connectivity index (χ0v) is 14.8. The van der Waals surface area contributed by atoms with E-state index < -0.39 is 0 Å². The number of furan rings is 1. The standard InChI is InChI=1S/C20H25N3O2/c1-16-5-6-18(25-16)14-22-10-3-7-20(15-22)8-11-23(19(20)24)13-17-4-2-9-21-12-17/h2,4-6,9,12H,3,7-8,10-11,13-15H2,1H3/t20-/m0/s1. The minimum absolute atomic E-state index is 0.206. The van der Waals surface area contributed by atoms with Crippen LogP contribution in [0.1, 0.15) is 36.3 Å². The van der Waals surface area contributed by atoms with E-state index in [2.05, 4.69) is 9.88 Å². The number of aromatic nitrogens is 1. The van der Waals surface area contributed by atoms with E-state index >= 15 is 0 Å². The molecule has 1 atom stereocenters. The van der Waals surface area contributed by atoms with Crippen LogP contribution in [-0.4, -0.2) is 40.3 Å². The maximum absolute atomic E-state index is 13.1. The summed E-state index contributed by atoms with van der Waals surface area (Å²) in [5.74, 6) is 2.25. The number of rotatable bonds is 4. The number of likely N-dealkylation sites (tertiary alicyclic amines) is 2. The van der Waals surface area contributed by atoms with Gasteiger partial charge in [-0.15, -0.1) is 0 Å². The smallest absolute Gasteiger partial charge is 0.230 e. The van der Waals surface area contributed by atoms with Gasteiger partial charge in [0.25, 0.3) is 0 Å². The van der Waals surface area contributed by atoms with Gasteiger partial charge in [0.2, 0.25) is 5.91 Å². The highest BCUT2D eigenvalue weighted by Gasteiger charge is 2.48. The molecule has 4 heterocycles. The summed E-state index contributed by atoms with van der Waals surface area (Å²) < 4.78 is 5.72. The van der Waals surface area contributed by atoms with Gasteiger partial charge in [-0.3, -0.25) is 14.7 Å². The molecular formula is C20H25N3O2. The maximum Gasteiger partial charge on any atom is 0.230 e. The van der Waals surface area contributed by atoms with Crippen molar-refractivity contribution in [1.29, 1.82) is 0 Å². The van der Waals surface area contributed by atoms with E-state index in [1.807, 2.05) is 42.3 Å². The van der Waals surface area contributed by atoms with Crippen LogP contribution in [0.5, 0.6) is 0 Å². The lowest BCUT2D eigenvalue weighted by molar-refractivity contribution is -0.139. The first-order valence-electron chi connectivity index (χ1n) is 9.11. The van der Waals surface area contributed by atoms with Crippen LogP contribution < -0.4 is 0 Å². The third-order valence-electron chi connectivity index (χ3n) is 5.53. The van der Waals surface area contributed by atoms with Gasteiger partial charge >= 0.3 is 0 Å². The lowest BCUT2D eigenvalue weighted by atomic mass is 9.78. The normalized spacial score (nSPS) is 24.4. The SMILES string of the molecule is Cc1ccc(CN2CCC[C@]3(CCN(Cc4cccnc4)C3=O)C2)o1. The summed E-state index contributed by atoms with van der Waals surface area (Å²) in [6.07, 6.45) is 6.66. The molecular weight excluding hydrogens is 314 g/mol. The topological polar surface area (TPSA) is 49.6 Å². The second-order valence-corrected chi connectivity index (χ2v) is 7.44. The highest BCUT2D eigenvalue weighted by atomic mass is 16.3. The van der Waals surface area contributed by atoms with E-state index in [1.54, 1.807) is 6.20 Å². The van der Waals surface area contributed by atoms with Crippen molar-refractivity contribution in [2.24, 2.45) is 5.41 Å². The molecule has 25 heavy (non-hydrogen) atoms. The summed E-state index contributed by atoms with van der Waals surface area (Å²) >= 11 is 0. The lowest BCUT2D eigenvalue weighted by Crippen LogP contribution is -2.47. The van der Waals surface area contributed by atoms with Gasteiger partial charge in [-0.25, -0.2) is 0 Å². The lowest BCUT2D eigenvalue weighted by Gasteiger charge is -2.38. The molecule has 1 amide bonds. The first kappa shape index (κ1) is 16.3. The Morgan fingerprint density at radius 1 is 1.20 bits per heavy atom. The van der Waals surface area contributed by atoms with Crippen LogP contribution in [0.4, 0.5) is 0 Å². The molecule has 0 aromatic carbocycles. The number of carbonyl (C=O) groups excluding carboxylic acids is 1. The molecule has 0 aliphatic carbocycles. The van der Waals surface area contributed by atoms with Gasteiger partial charge in [0.1, 0.15) is 11.5 Å². The second-order valence-electron chi connectivity index (χ2n) is 7.44. The van der Waals surface area contributed by atoms with Crippen molar-refractivity contribution in [1.82, 2.24) is 14.8 Å². The number of amides is 1. The third-order valence-corrected chi connectivity index (χ3v) is 5.53. The summed E-state index contributed by atoms with van der Waals surface area (Å²) in [5, 5.41) is 0. The van der Waals surface area contributed by atoms with E-state index in [1.165, 1.54) is 0 Å². The molecule has 5 heteroatoms. The van der Waals surface area contributed by atoms with E-state index in [0.717, 1.165) is 62.5 Å².